The third kappa shape index (κ3) is 2.27. The van der Waals surface area contributed by atoms with Gasteiger partial charge in [-0.2, -0.15) is 0 Å². The number of amides is 2. The summed E-state index contributed by atoms with van der Waals surface area (Å²) < 4.78 is 0. The van der Waals surface area contributed by atoms with E-state index in [0.717, 1.165) is 0 Å². The van der Waals surface area contributed by atoms with Gasteiger partial charge in [-0.3, -0.25) is 14.6 Å². The van der Waals surface area contributed by atoms with Gasteiger partial charge in [0, 0.05) is 25.0 Å². The number of likely N-dealkylation sites (N-methyl/N-ethyl adjacent to an activating group) is 1. The Hall–Kier alpha value is -3.03. The summed E-state index contributed by atoms with van der Waals surface area (Å²) in [4.78, 5) is 36.9. The molecule has 3 rings (SSSR count). The second-order valence-corrected chi connectivity index (χ2v) is 4.65. The van der Waals surface area contributed by atoms with Crippen LogP contribution in [0.4, 0.5) is 11.5 Å². The molecule has 0 fully saturated rings. The van der Waals surface area contributed by atoms with Crippen molar-refractivity contribution in [1.29, 1.82) is 0 Å². The smallest absolute Gasteiger partial charge is 0.250 e. The Bertz CT molecular complexity index is 745. The Morgan fingerprint density at radius 2 is 2.19 bits per heavy atom. The maximum Gasteiger partial charge on any atom is 0.250 e. The zero-order chi connectivity index (χ0) is 15.0. The number of rotatable bonds is 2. The van der Waals surface area contributed by atoms with E-state index < -0.39 is 5.91 Å². The van der Waals surface area contributed by atoms with E-state index in [9.17, 15) is 9.59 Å². The molecule has 8 nitrogen and oxygen atoms in total. The molecular weight excluding hydrogens is 272 g/mol. The van der Waals surface area contributed by atoms with Gasteiger partial charge in [-0.15, -0.1) is 0 Å². The van der Waals surface area contributed by atoms with Crippen molar-refractivity contribution in [1.82, 2.24) is 15.0 Å². The van der Waals surface area contributed by atoms with Gasteiger partial charge in [0.05, 0.1) is 12.1 Å². The molecule has 21 heavy (non-hydrogen) atoms. The Balaban J connectivity index is 2.16. The zero-order valence-electron chi connectivity index (χ0n) is 11.2. The quantitative estimate of drug-likeness (QED) is 0.804. The molecule has 2 aromatic heterocycles. The van der Waals surface area contributed by atoms with Crippen molar-refractivity contribution in [3.63, 3.8) is 0 Å². The fourth-order valence-electron chi connectivity index (χ4n) is 2.21. The summed E-state index contributed by atoms with van der Waals surface area (Å²) in [7, 11) is 1.77. The van der Waals surface area contributed by atoms with Gasteiger partial charge in [-0.1, -0.05) is 0 Å². The highest BCUT2D eigenvalue weighted by molar-refractivity contribution is 6.03. The highest BCUT2D eigenvalue weighted by Gasteiger charge is 2.25. The predicted octanol–water partition coefficient (Wildman–Crippen LogP) is 0.0258. The van der Waals surface area contributed by atoms with Crippen LogP contribution >= 0.6 is 0 Å². The molecule has 0 aliphatic carbocycles. The number of anilines is 2. The summed E-state index contributed by atoms with van der Waals surface area (Å²) >= 11 is 0. The topological polar surface area (TPSA) is 114 Å². The Morgan fingerprint density at radius 3 is 2.95 bits per heavy atom. The van der Waals surface area contributed by atoms with Crippen LogP contribution in [0.1, 0.15) is 10.4 Å². The van der Waals surface area contributed by atoms with Gasteiger partial charge in [0.25, 0.3) is 0 Å². The van der Waals surface area contributed by atoms with E-state index in [1.54, 1.807) is 24.2 Å². The summed E-state index contributed by atoms with van der Waals surface area (Å²) in [5.74, 6) is -0.268. The van der Waals surface area contributed by atoms with E-state index in [1.807, 2.05) is 0 Å². The second kappa shape index (κ2) is 4.82. The molecule has 8 heteroatoms. The number of hydrogen-bond acceptors (Lipinski definition) is 6. The van der Waals surface area contributed by atoms with Gasteiger partial charge in [-0.25, -0.2) is 9.97 Å². The third-order valence-corrected chi connectivity index (χ3v) is 3.14. The minimum Gasteiger partial charge on any atom is -0.366 e. The van der Waals surface area contributed by atoms with Crippen LogP contribution in [0.25, 0.3) is 11.3 Å². The van der Waals surface area contributed by atoms with Crippen LogP contribution in [0.2, 0.25) is 0 Å². The SMILES string of the molecule is CN1CC(=O)Nc2ncnc(-c3cncc(C(N)=O)c3)c21. The van der Waals surface area contributed by atoms with Crippen LogP contribution in [-0.4, -0.2) is 40.4 Å². The Morgan fingerprint density at radius 1 is 1.38 bits per heavy atom. The lowest BCUT2D eigenvalue weighted by atomic mass is 10.1. The average molecular weight is 284 g/mol. The first-order chi connectivity index (χ1) is 10.1. The number of fused-ring (bicyclic) bond motifs is 1. The van der Waals surface area contributed by atoms with E-state index in [1.165, 1.54) is 12.5 Å². The van der Waals surface area contributed by atoms with Crippen LogP contribution < -0.4 is 16.0 Å². The molecule has 0 aromatic carbocycles. The molecular formula is C13H12N6O2. The molecule has 0 unspecified atom stereocenters. The van der Waals surface area contributed by atoms with Crippen LogP contribution in [-0.2, 0) is 4.79 Å². The first-order valence-electron chi connectivity index (χ1n) is 6.17. The molecule has 3 N–H and O–H groups in total. The van der Waals surface area contributed by atoms with Crippen molar-refractivity contribution in [2.24, 2.45) is 5.73 Å². The molecule has 0 atom stereocenters. The molecule has 106 valence electrons. The maximum atomic E-state index is 11.5. The van der Waals surface area contributed by atoms with Crippen molar-refractivity contribution in [2.45, 2.75) is 0 Å². The number of carbonyl (C=O) groups excluding carboxylic acids is 2. The molecule has 1 aliphatic rings. The van der Waals surface area contributed by atoms with Crippen LogP contribution in [0.5, 0.6) is 0 Å². The number of nitrogens with zero attached hydrogens (tertiary/aromatic N) is 4. The molecule has 2 aromatic rings. The van der Waals surface area contributed by atoms with Crippen molar-refractivity contribution in [2.75, 3.05) is 23.8 Å². The molecule has 0 saturated carbocycles. The fraction of sp³-hybridized carbons (Fsp3) is 0.154. The van der Waals surface area contributed by atoms with E-state index >= 15 is 0 Å². The predicted molar refractivity (Wildman–Crippen MR) is 75.7 cm³/mol. The number of carbonyl (C=O) groups is 2. The van der Waals surface area contributed by atoms with Crippen molar-refractivity contribution >= 4 is 23.3 Å². The van der Waals surface area contributed by atoms with Crippen LogP contribution in [0, 0.1) is 0 Å². The fourth-order valence-corrected chi connectivity index (χ4v) is 2.21. The highest BCUT2D eigenvalue weighted by Crippen LogP contribution is 2.35. The summed E-state index contributed by atoms with van der Waals surface area (Å²) in [5, 5.41) is 2.69. The lowest BCUT2D eigenvalue weighted by molar-refractivity contribution is -0.115. The van der Waals surface area contributed by atoms with Gasteiger partial charge >= 0.3 is 0 Å². The third-order valence-electron chi connectivity index (χ3n) is 3.14. The van der Waals surface area contributed by atoms with Crippen LogP contribution in [0.3, 0.4) is 0 Å². The number of nitrogens with two attached hydrogens (primary N) is 1. The Kier molecular flexibility index (Phi) is 2.98. The molecule has 2 amide bonds. The molecule has 0 radical (unpaired) electrons. The number of hydrogen-bond donors (Lipinski definition) is 2. The molecule has 3 heterocycles. The number of aromatic nitrogens is 3. The molecule has 0 bridgehead atoms. The van der Waals surface area contributed by atoms with E-state index in [2.05, 4.69) is 20.3 Å². The van der Waals surface area contributed by atoms with Crippen molar-refractivity contribution in [3.05, 3.63) is 30.4 Å². The summed E-state index contributed by atoms with van der Waals surface area (Å²) in [6, 6.07) is 1.61. The maximum absolute atomic E-state index is 11.5. The van der Waals surface area contributed by atoms with Crippen molar-refractivity contribution < 1.29 is 9.59 Å². The first-order valence-corrected chi connectivity index (χ1v) is 6.17. The molecule has 1 aliphatic heterocycles. The standard InChI is InChI=1S/C13H12N6O2/c1-19-5-9(20)18-13-11(19)10(16-6-17-13)7-2-8(12(14)21)4-15-3-7/h2-4,6H,5H2,1H3,(H2,14,21)(H,16,17,18,20). The number of primary amides is 1. The minimum atomic E-state index is -0.561. The normalized spacial score (nSPS) is 13.6. The van der Waals surface area contributed by atoms with Gasteiger partial charge in [0.1, 0.15) is 17.7 Å². The monoisotopic (exact) mass is 284 g/mol. The van der Waals surface area contributed by atoms with Gasteiger partial charge in [0.2, 0.25) is 11.8 Å². The minimum absolute atomic E-state index is 0.140. The number of pyridine rings is 1. The van der Waals surface area contributed by atoms with E-state index in [-0.39, 0.29) is 12.5 Å². The summed E-state index contributed by atoms with van der Waals surface area (Å²) in [6.45, 7) is 0.205. The lowest BCUT2D eigenvalue weighted by Crippen LogP contribution is -2.36. The molecule has 0 saturated heterocycles. The van der Waals surface area contributed by atoms with Gasteiger partial charge < -0.3 is 16.0 Å². The summed E-state index contributed by atoms with van der Waals surface area (Å²) in [6.07, 6.45) is 4.33. The van der Waals surface area contributed by atoms with Gasteiger partial charge in [0.15, 0.2) is 5.82 Å². The second-order valence-electron chi connectivity index (χ2n) is 4.65. The zero-order valence-corrected chi connectivity index (χ0v) is 11.2. The average Bonchev–Trinajstić information content (AvgIpc) is 2.46. The van der Waals surface area contributed by atoms with E-state index in [4.69, 9.17) is 5.73 Å². The van der Waals surface area contributed by atoms with Gasteiger partial charge in [-0.05, 0) is 6.07 Å². The largest absolute Gasteiger partial charge is 0.366 e. The van der Waals surface area contributed by atoms with Crippen molar-refractivity contribution in [3.8, 4) is 11.3 Å². The molecule has 0 spiro atoms. The lowest BCUT2D eigenvalue weighted by Gasteiger charge is -2.27. The highest BCUT2D eigenvalue weighted by atomic mass is 16.2. The Labute approximate surface area is 120 Å². The van der Waals surface area contributed by atoms with Crippen LogP contribution in [0.15, 0.2) is 24.8 Å². The number of nitrogens with one attached hydrogen (secondary N) is 1. The van der Waals surface area contributed by atoms with E-state index in [0.29, 0.717) is 28.3 Å². The summed E-state index contributed by atoms with van der Waals surface area (Å²) in [5.41, 5.74) is 7.45. The first kappa shape index (κ1) is 13.0.